The average molecular weight is 344 g/mol. The first-order valence-electron chi connectivity index (χ1n) is 7.91. The Bertz CT molecular complexity index is 884. The molecular formula is C16H14ClN5O2. The van der Waals surface area contributed by atoms with Crippen molar-refractivity contribution in [3.63, 3.8) is 0 Å². The third-order valence-electron chi connectivity index (χ3n) is 4.43. The van der Waals surface area contributed by atoms with Gasteiger partial charge in [-0.15, -0.1) is 5.10 Å². The van der Waals surface area contributed by atoms with Crippen molar-refractivity contribution in [1.29, 1.82) is 0 Å². The second-order valence-corrected chi connectivity index (χ2v) is 6.59. The van der Waals surface area contributed by atoms with Gasteiger partial charge in [0.1, 0.15) is 6.10 Å². The van der Waals surface area contributed by atoms with E-state index in [0.29, 0.717) is 35.7 Å². The molecule has 3 aromatic rings. The summed E-state index contributed by atoms with van der Waals surface area (Å²) in [5.74, 6) is 1.63. The van der Waals surface area contributed by atoms with Gasteiger partial charge in [-0.2, -0.15) is 4.98 Å². The Morgan fingerprint density at radius 1 is 1.17 bits per heavy atom. The summed E-state index contributed by atoms with van der Waals surface area (Å²) in [6.07, 6.45) is 2.18. The molecule has 8 heteroatoms. The van der Waals surface area contributed by atoms with Crippen molar-refractivity contribution in [2.75, 3.05) is 0 Å². The minimum absolute atomic E-state index is 0.0750. The quantitative estimate of drug-likeness (QED) is 0.727. The van der Waals surface area contributed by atoms with E-state index in [1.165, 1.54) is 0 Å². The van der Waals surface area contributed by atoms with Gasteiger partial charge in [0.25, 0.3) is 5.89 Å². The monoisotopic (exact) mass is 343 g/mol. The second kappa shape index (κ2) is 5.39. The molecule has 0 N–H and O–H groups in total. The van der Waals surface area contributed by atoms with Crippen LogP contribution in [0.25, 0.3) is 11.6 Å². The number of rotatable bonds is 3. The van der Waals surface area contributed by atoms with Crippen molar-refractivity contribution in [2.24, 2.45) is 0 Å². The highest BCUT2D eigenvalue weighted by molar-refractivity contribution is 6.30. The highest BCUT2D eigenvalue weighted by Gasteiger charge is 2.31. The van der Waals surface area contributed by atoms with Gasteiger partial charge >= 0.3 is 0 Å². The number of fused-ring (bicyclic) bond motifs is 1. The van der Waals surface area contributed by atoms with Gasteiger partial charge in [0, 0.05) is 10.9 Å². The van der Waals surface area contributed by atoms with Crippen molar-refractivity contribution in [3.8, 4) is 11.6 Å². The average Bonchev–Trinajstić information content (AvgIpc) is 3.19. The van der Waals surface area contributed by atoms with Gasteiger partial charge in [0.15, 0.2) is 11.5 Å². The topological polar surface area (TPSA) is 78.9 Å². The van der Waals surface area contributed by atoms with Gasteiger partial charge in [-0.25, -0.2) is 4.68 Å². The molecule has 1 saturated carbocycles. The lowest BCUT2D eigenvalue weighted by Crippen LogP contribution is -2.22. The van der Waals surface area contributed by atoms with Crippen LogP contribution in [0, 0.1) is 0 Å². The molecule has 122 valence electrons. The summed E-state index contributed by atoms with van der Waals surface area (Å²) >= 11 is 5.94. The van der Waals surface area contributed by atoms with E-state index in [4.69, 9.17) is 20.9 Å². The van der Waals surface area contributed by atoms with Crippen molar-refractivity contribution in [2.45, 2.75) is 38.0 Å². The zero-order valence-corrected chi connectivity index (χ0v) is 13.5. The lowest BCUT2D eigenvalue weighted by atomic mass is 10.1. The number of hydrogen-bond acceptors (Lipinski definition) is 6. The third kappa shape index (κ3) is 2.40. The Kier molecular flexibility index (Phi) is 3.17. The van der Waals surface area contributed by atoms with E-state index in [1.54, 1.807) is 0 Å². The Morgan fingerprint density at radius 3 is 2.79 bits per heavy atom. The first kappa shape index (κ1) is 14.1. The Labute approximate surface area is 142 Å². The first-order chi connectivity index (χ1) is 11.8. The molecule has 0 bridgehead atoms. The van der Waals surface area contributed by atoms with E-state index in [-0.39, 0.29) is 6.10 Å². The van der Waals surface area contributed by atoms with Crippen molar-refractivity contribution >= 4 is 11.6 Å². The molecule has 1 unspecified atom stereocenters. The predicted octanol–water partition coefficient (Wildman–Crippen LogP) is 3.13. The Balaban J connectivity index is 1.41. The normalized spacial score (nSPS) is 20.1. The van der Waals surface area contributed by atoms with Crippen LogP contribution in [0.4, 0.5) is 0 Å². The number of nitrogens with zero attached hydrogens (tertiary/aromatic N) is 5. The van der Waals surface area contributed by atoms with E-state index in [9.17, 15) is 0 Å². The summed E-state index contributed by atoms with van der Waals surface area (Å²) in [6, 6.07) is 7.66. The van der Waals surface area contributed by atoms with Crippen LogP contribution in [0.5, 0.6) is 0 Å². The third-order valence-corrected chi connectivity index (χ3v) is 4.68. The molecule has 0 amide bonds. The lowest BCUT2D eigenvalue weighted by molar-refractivity contribution is -0.00117. The number of benzene rings is 1. The number of hydrogen-bond donors (Lipinski definition) is 0. The van der Waals surface area contributed by atoms with Crippen LogP contribution in [0.2, 0.25) is 5.02 Å². The van der Waals surface area contributed by atoms with Gasteiger partial charge < -0.3 is 9.26 Å². The van der Waals surface area contributed by atoms with Crippen LogP contribution in [0.3, 0.4) is 0 Å². The highest BCUT2D eigenvalue weighted by atomic mass is 35.5. The molecule has 0 saturated heterocycles. The maximum atomic E-state index is 5.98. The smallest absolute Gasteiger partial charge is 0.280 e. The van der Waals surface area contributed by atoms with Crippen LogP contribution < -0.4 is 0 Å². The molecule has 1 fully saturated rings. The van der Waals surface area contributed by atoms with Crippen molar-refractivity contribution in [1.82, 2.24) is 25.1 Å². The molecule has 1 aromatic carbocycles. The predicted molar refractivity (Wildman–Crippen MR) is 84.3 cm³/mol. The fraction of sp³-hybridized carbons (Fsp3) is 0.375. The highest BCUT2D eigenvalue weighted by Crippen LogP contribution is 2.39. The molecule has 24 heavy (non-hydrogen) atoms. The number of aromatic nitrogens is 5. The summed E-state index contributed by atoms with van der Waals surface area (Å²) in [5, 5.41) is 13.2. The molecular weight excluding hydrogens is 330 g/mol. The van der Waals surface area contributed by atoms with Gasteiger partial charge in [-0.3, -0.25) is 0 Å². The maximum Gasteiger partial charge on any atom is 0.280 e. The molecule has 0 spiro atoms. The largest absolute Gasteiger partial charge is 0.365 e. The summed E-state index contributed by atoms with van der Waals surface area (Å²) in [6.45, 7) is 0.990. The van der Waals surface area contributed by atoms with Crippen LogP contribution in [-0.4, -0.2) is 25.1 Å². The van der Waals surface area contributed by atoms with E-state index in [1.807, 2.05) is 28.9 Å². The van der Waals surface area contributed by atoms with E-state index in [2.05, 4.69) is 20.5 Å². The summed E-state index contributed by atoms with van der Waals surface area (Å²) < 4.78 is 13.2. The fourth-order valence-electron chi connectivity index (χ4n) is 2.90. The summed E-state index contributed by atoms with van der Waals surface area (Å²) in [7, 11) is 0. The molecule has 1 aliphatic carbocycles. The Morgan fingerprint density at radius 2 is 2.00 bits per heavy atom. The number of halogens is 1. The molecule has 1 atom stereocenters. The molecule has 5 rings (SSSR count). The zero-order chi connectivity index (χ0) is 16.1. The van der Waals surface area contributed by atoms with Crippen LogP contribution >= 0.6 is 11.6 Å². The summed E-state index contributed by atoms with van der Waals surface area (Å²) in [5.41, 5.74) is 2.55. The number of ether oxygens (including phenoxy) is 1. The standard InChI is InChI=1S/C16H14ClN5O2/c17-11-5-3-9(4-6-11)13-7-22-12(8-23-13)14(19-21-22)16-18-15(20-24-16)10-1-2-10/h3-6,10,13H,1-2,7-8H2. The fourth-order valence-corrected chi connectivity index (χ4v) is 3.02. The molecule has 7 nitrogen and oxygen atoms in total. The lowest BCUT2D eigenvalue weighted by Gasteiger charge is -2.24. The SMILES string of the molecule is Clc1ccc(C2Cn3nnc(-c4nc(C5CC5)no4)c3CO2)cc1. The molecule has 1 aliphatic heterocycles. The van der Waals surface area contributed by atoms with Crippen molar-refractivity contribution in [3.05, 3.63) is 46.4 Å². The second-order valence-electron chi connectivity index (χ2n) is 6.15. The Hall–Kier alpha value is -2.25. The first-order valence-corrected chi connectivity index (χ1v) is 8.29. The van der Waals surface area contributed by atoms with E-state index >= 15 is 0 Å². The molecule has 2 aliphatic rings. The van der Waals surface area contributed by atoms with Crippen LogP contribution in [0.1, 0.15) is 41.9 Å². The van der Waals surface area contributed by atoms with Crippen LogP contribution in [0.15, 0.2) is 28.8 Å². The molecule has 3 heterocycles. The molecule has 0 radical (unpaired) electrons. The van der Waals surface area contributed by atoms with Gasteiger partial charge in [0.2, 0.25) is 0 Å². The minimum Gasteiger partial charge on any atom is -0.365 e. The summed E-state index contributed by atoms with van der Waals surface area (Å²) in [4.78, 5) is 4.45. The minimum atomic E-state index is -0.0750. The van der Waals surface area contributed by atoms with Gasteiger partial charge in [-0.1, -0.05) is 34.1 Å². The van der Waals surface area contributed by atoms with Gasteiger partial charge in [0.05, 0.1) is 18.8 Å². The zero-order valence-electron chi connectivity index (χ0n) is 12.7. The van der Waals surface area contributed by atoms with Crippen LogP contribution in [-0.2, 0) is 17.9 Å². The van der Waals surface area contributed by atoms with E-state index in [0.717, 1.165) is 29.9 Å². The van der Waals surface area contributed by atoms with Gasteiger partial charge in [-0.05, 0) is 30.5 Å². The molecule has 2 aromatic heterocycles. The van der Waals surface area contributed by atoms with E-state index < -0.39 is 0 Å². The van der Waals surface area contributed by atoms with Crippen molar-refractivity contribution < 1.29 is 9.26 Å². The maximum absolute atomic E-state index is 5.98.